The number of aromatic nitrogens is 1. The number of nitrogens with one attached hydrogen (secondary N) is 1. The highest BCUT2D eigenvalue weighted by molar-refractivity contribution is 6.04. The second-order valence-corrected chi connectivity index (χ2v) is 3.93. The molecule has 1 aliphatic rings. The number of piperazine rings is 1. The number of carbonyl (C=O) groups excluding carboxylic acids is 2. The zero-order valence-corrected chi connectivity index (χ0v) is 9.51. The van der Waals surface area contributed by atoms with Gasteiger partial charge in [0, 0.05) is 18.4 Å². The highest BCUT2D eigenvalue weighted by atomic mass is 16.2. The van der Waals surface area contributed by atoms with Crippen LogP contribution < -0.4 is 16.0 Å². The van der Waals surface area contributed by atoms with Crippen molar-refractivity contribution in [2.24, 2.45) is 5.73 Å². The summed E-state index contributed by atoms with van der Waals surface area (Å²) < 4.78 is 0. The van der Waals surface area contributed by atoms with Gasteiger partial charge in [0.25, 0.3) is 0 Å². The van der Waals surface area contributed by atoms with Gasteiger partial charge >= 0.3 is 0 Å². The molecule has 0 saturated carbocycles. The van der Waals surface area contributed by atoms with Crippen molar-refractivity contribution in [1.82, 2.24) is 10.3 Å². The molecule has 1 fully saturated rings. The van der Waals surface area contributed by atoms with Gasteiger partial charge in [-0.25, -0.2) is 0 Å². The molecule has 0 radical (unpaired) electrons. The van der Waals surface area contributed by atoms with Crippen molar-refractivity contribution in [2.75, 3.05) is 11.4 Å². The van der Waals surface area contributed by atoms with E-state index < -0.39 is 0 Å². The molecule has 1 saturated heterocycles. The molecule has 2 amide bonds. The molecule has 3 N–H and O–H groups in total. The van der Waals surface area contributed by atoms with Crippen molar-refractivity contribution in [3.63, 3.8) is 0 Å². The summed E-state index contributed by atoms with van der Waals surface area (Å²) in [6, 6.07) is 3.19. The lowest BCUT2D eigenvalue weighted by molar-refractivity contribution is -0.132. The topological polar surface area (TPSA) is 88.3 Å². The van der Waals surface area contributed by atoms with Crippen LogP contribution in [0.15, 0.2) is 18.3 Å². The molecule has 1 unspecified atom stereocenters. The number of hydrogen-bond donors (Lipinski definition) is 2. The first-order chi connectivity index (χ1) is 8.11. The molecule has 6 nitrogen and oxygen atoms in total. The Kier molecular flexibility index (Phi) is 3.06. The second-order valence-electron chi connectivity index (χ2n) is 3.93. The van der Waals surface area contributed by atoms with Gasteiger partial charge in [0.05, 0.1) is 12.2 Å². The summed E-state index contributed by atoms with van der Waals surface area (Å²) in [4.78, 5) is 28.7. The monoisotopic (exact) mass is 234 g/mol. The highest BCUT2D eigenvalue weighted by Gasteiger charge is 2.30. The number of imide groups is 1. The third-order valence-electron chi connectivity index (χ3n) is 2.76. The standard InChI is InChI=1S/C11H14N4O2/c1-7-11(17)14-10(16)6-15(7)9-2-3-13-8(4-9)5-12/h2-4,7H,5-6,12H2,1H3,(H,14,16,17). The van der Waals surface area contributed by atoms with Crippen LogP contribution in [0.1, 0.15) is 12.6 Å². The Labute approximate surface area is 98.8 Å². The molecule has 90 valence electrons. The number of carbonyl (C=O) groups is 2. The molecule has 0 aliphatic carbocycles. The second kappa shape index (κ2) is 4.50. The molecule has 0 aromatic carbocycles. The summed E-state index contributed by atoms with van der Waals surface area (Å²) in [6.45, 7) is 2.25. The lowest BCUT2D eigenvalue weighted by Crippen LogP contribution is -2.57. The molecule has 6 heteroatoms. The number of hydrogen-bond acceptors (Lipinski definition) is 5. The molecule has 17 heavy (non-hydrogen) atoms. The lowest BCUT2D eigenvalue weighted by atomic mass is 10.1. The van der Waals surface area contributed by atoms with E-state index >= 15 is 0 Å². The molecular formula is C11H14N4O2. The zero-order valence-electron chi connectivity index (χ0n) is 9.51. The zero-order chi connectivity index (χ0) is 12.4. The van der Waals surface area contributed by atoms with Crippen LogP contribution in [-0.4, -0.2) is 29.4 Å². The van der Waals surface area contributed by atoms with Gasteiger partial charge in [-0.15, -0.1) is 0 Å². The maximum Gasteiger partial charge on any atom is 0.249 e. The van der Waals surface area contributed by atoms with Gasteiger partial charge in [-0.3, -0.25) is 19.9 Å². The van der Waals surface area contributed by atoms with Crippen LogP contribution in [0.5, 0.6) is 0 Å². The first-order valence-corrected chi connectivity index (χ1v) is 5.37. The fourth-order valence-corrected chi connectivity index (χ4v) is 1.79. The molecule has 2 rings (SSSR count). The normalized spacial score (nSPS) is 20.4. The van der Waals surface area contributed by atoms with E-state index in [2.05, 4.69) is 10.3 Å². The number of nitrogens with zero attached hydrogens (tertiary/aromatic N) is 2. The van der Waals surface area contributed by atoms with Crippen molar-refractivity contribution >= 4 is 17.5 Å². The van der Waals surface area contributed by atoms with Gasteiger partial charge in [0.2, 0.25) is 11.8 Å². The van der Waals surface area contributed by atoms with Crippen molar-refractivity contribution < 1.29 is 9.59 Å². The molecule has 0 bridgehead atoms. The van der Waals surface area contributed by atoms with E-state index in [1.807, 2.05) is 0 Å². The SMILES string of the molecule is CC1C(=O)NC(=O)CN1c1ccnc(CN)c1. The Morgan fingerprint density at radius 2 is 2.35 bits per heavy atom. The minimum Gasteiger partial charge on any atom is -0.350 e. The summed E-state index contributed by atoms with van der Waals surface area (Å²) in [6.07, 6.45) is 1.63. The summed E-state index contributed by atoms with van der Waals surface area (Å²) in [5, 5.41) is 2.30. The molecule has 1 atom stereocenters. The van der Waals surface area contributed by atoms with Crippen LogP contribution in [0, 0.1) is 0 Å². The minimum atomic E-state index is -0.374. The minimum absolute atomic E-state index is 0.168. The Bertz CT molecular complexity index is 461. The molecule has 2 heterocycles. The van der Waals surface area contributed by atoms with Gasteiger partial charge in [0.15, 0.2) is 0 Å². The van der Waals surface area contributed by atoms with Crippen LogP contribution >= 0.6 is 0 Å². The first kappa shape index (κ1) is 11.5. The van der Waals surface area contributed by atoms with E-state index in [0.717, 1.165) is 11.4 Å². The fraction of sp³-hybridized carbons (Fsp3) is 0.364. The Morgan fingerprint density at radius 3 is 3.06 bits per heavy atom. The van der Waals surface area contributed by atoms with Crippen molar-refractivity contribution in [3.8, 4) is 0 Å². The maximum absolute atomic E-state index is 11.5. The summed E-state index contributed by atoms with van der Waals surface area (Å²) in [7, 11) is 0. The maximum atomic E-state index is 11.5. The first-order valence-electron chi connectivity index (χ1n) is 5.37. The van der Waals surface area contributed by atoms with Crippen LogP contribution in [0.4, 0.5) is 5.69 Å². The molecule has 1 aliphatic heterocycles. The summed E-state index contributed by atoms with van der Waals surface area (Å²) in [5.74, 6) is -0.577. The van der Waals surface area contributed by atoms with E-state index in [1.54, 1.807) is 30.2 Å². The van der Waals surface area contributed by atoms with E-state index in [-0.39, 0.29) is 24.4 Å². The van der Waals surface area contributed by atoms with Crippen LogP contribution in [-0.2, 0) is 16.1 Å². The summed E-state index contributed by atoms with van der Waals surface area (Å²) >= 11 is 0. The van der Waals surface area contributed by atoms with E-state index in [4.69, 9.17) is 5.73 Å². The predicted molar refractivity (Wildman–Crippen MR) is 62.1 cm³/mol. The third kappa shape index (κ3) is 2.26. The van der Waals surface area contributed by atoms with Crippen LogP contribution in [0.25, 0.3) is 0 Å². The average Bonchev–Trinajstić information content (AvgIpc) is 2.34. The molecular weight excluding hydrogens is 220 g/mol. The van der Waals surface area contributed by atoms with Gasteiger partial charge in [-0.1, -0.05) is 0 Å². The van der Waals surface area contributed by atoms with Gasteiger partial charge < -0.3 is 10.6 Å². The highest BCUT2D eigenvalue weighted by Crippen LogP contribution is 2.19. The number of nitrogens with two attached hydrogens (primary N) is 1. The molecule has 1 aromatic rings. The lowest BCUT2D eigenvalue weighted by Gasteiger charge is -2.33. The van der Waals surface area contributed by atoms with Gasteiger partial charge in [-0.2, -0.15) is 0 Å². The number of rotatable bonds is 2. The number of pyridine rings is 1. The van der Waals surface area contributed by atoms with Crippen LogP contribution in [0.2, 0.25) is 0 Å². The van der Waals surface area contributed by atoms with Crippen molar-refractivity contribution in [3.05, 3.63) is 24.0 Å². The Balaban J connectivity index is 2.30. The van der Waals surface area contributed by atoms with Crippen molar-refractivity contribution in [2.45, 2.75) is 19.5 Å². The van der Waals surface area contributed by atoms with Crippen molar-refractivity contribution in [1.29, 1.82) is 0 Å². The van der Waals surface area contributed by atoms with Gasteiger partial charge in [-0.05, 0) is 19.1 Å². The quantitative estimate of drug-likeness (QED) is 0.666. The molecule has 0 spiro atoms. The van der Waals surface area contributed by atoms with E-state index in [0.29, 0.717) is 6.54 Å². The number of amides is 2. The predicted octanol–water partition coefficient (Wildman–Crippen LogP) is -0.608. The summed E-state index contributed by atoms with van der Waals surface area (Å²) in [5.41, 5.74) is 7.03. The van der Waals surface area contributed by atoms with E-state index in [9.17, 15) is 9.59 Å². The average molecular weight is 234 g/mol. The van der Waals surface area contributed by atoms with Gasteiger partial charge in [0.1, 0.15) is 6.04 Å². The largest absolute Gasteiger partial charge is 0.350 e. The smallest absolute Gasteiger partial charge is 0.249 e. The Hall–Kier alpha value is -1.95. The Morgan fingerprint density at radius 1 is 1.59 bits per heavy atom. The molecule has 1 aromatic heterocycles. The van der Waals surface area contributed by atoms with Crippen LogP contribution in [0.3, 0.4) is 0 Å². The third-order valence-corrected chi connectivity index (χ3v) is 2.76. The fourth-order valence-electron chi connectivity index (χ4n) is 1.79. The van der Waals surface area contributed by atoms with E-state index in [1.165, 1.54) is 0 Å². The number of anilines is 1.